The summed E-state index contributed by atoms with van der Waals surface area (Å²) in [6.45, 7) is 8.20. The van der Waals surface area contributed by atoms with Gasteiger partial charge in [-0.1, -0.05) is 28.9 Å². The van der Waals surface area contributed by atoms with Crippen molar-refractivity contribution in [2.45, 2.75) is 51.8 Å². The van der Waals surface area contributed by atoms with E-state index < -0.39 is 5.60 Å². The molecule has 5 rings (SSSR count). The van der Waals surface area contributed by atoms with Gasteiger partial charge in [-0.2, -0.15) is 5.10 Å². The molecule has 4 aromatic rings. The molecule has 0 radical (unpaired) electrons. The summed E-state index contributed by atoms with van der Waals surface area (Å²) in [5.41, 5.74) is 3.30. The average molecular weight is 577 g/mol. The van der Waals surface area contributed by atoms with Gasteiger partial charge in [-0.3, -0.25) is 14.9 Å². The van der Waals surface area contributed by atoms with Gasteiger partial charge in [0.15, 0.2) is 5.60 Å². The SMILES string of the molecule is C/C=N\N(C)C1CCN(Cc2c(OC)nc3ccc(C(O)(c4ccc(C)nc4C)c4cnnn4C)cc3c2Cl)CC1. The predicted molar refractivity (Wildman–Crippen MR) is 160 cm³/mol. The summed E-state index contributed by atoms with van der Waals surface area (Å²) in [5.74, 6) is 0.509. The third-order valence-electron chi connectivity index (χ3n) is 8.05. The number of methoxy groups -OCH3 is 1. The smallest absolute Gasteiger partial charge is 0.219 e. The molecular formula is C30H37ClN8O2. The lowest BCUT2D eigenvalue weighted by Crippen LogP contribution is -2.41. The first-order chi connectivity index (χ1) is 19.7. The Balaban J connectivity index is 1.56. The summed E-state index contributed by atoms with van der Waals surface area (Å²) in [6, 6.07) is 9.84. The standard InChI is InChI=1S/C30H37ClN8O2/c1-7-33-37(4)22-12-14-39(15-13-22)18-24-28(31)23-16-21(9-11-26(23)35-29(24)41-6)30(40,27-17-32-36-38(27)5)25-10-8-19(2)34-20(25)3/h7-11,16-17,22,40H,12-15,18H2,1-6H3/b33-7-. The highest BCUT2D eigenvalue weighted by Crippen LogP contribution is 2.41. The Morgan fingerprint density at radius 2 is 1.95 bits per heavy atom. The fourth-order valence-corrected chi connectivity index (χ4v) is 6.14. The zero-order valence-corrected chi connectivity index (χ0v) is 25.2. The van der Waals surface area contributed by atoms with Crippen LogP contribution in [0.2, 0.25) is 5.02 Å². The van der Waals surface area contributed by atoms with Crippen LogP contribution in [0, 0.1) is 13.8 Å². The molecule has 1 unspecified atom stereocenters. The highest BCUT2D eigenvalue weighted by molar-refractivity contribution is 6.36. The number of ether oxygens (including phenoxy) is 1. The number of nitrogens with zero attached hydrogens (tertiary/aromatic N) is 8. The Morgan fingerprint density at radius 3 is 2.59 bits per heavy atom. The van der Waals surface area contributed by atoms with Crippen LogP contribution in [0.15, 0.2) is 41.6 Å². The zero-order valence-electron chi connectivity index (χ0n) is 24.5. The van der Waals surface area contributed by atoms with E-state index >= 15 is 0 Å². The van der Waals surface area contributed by atoms with Gasteiger partial charge < -0.3 is 9.84 Å². The fourth-order valence-electron chi connectivity index (χ4n) is 5.85. The van der Waals surface area contributed by atoms with Gasteiger partial charge in [0.2, 0.25) is 5.88 Å². The first kappa shape index (κ1) is 28.9. The number of piperidine rings is 1. The van der Waals surface area contributed by atoms with Crippen molar-refractivity contribution in [3.63, 3.8) is 0 Å². The summed E-state index contributed by atoms with van der Waals surface area (Å²) < 4.78 is 7.29. The Bertz CT molecular complexity index is 1580. The maximum Gasteiger partial charge on any atom is 0.219 e. The van der Waals surface area contributed by atoms with Gasteiger partial charge in [-0.25, -0.2) is 9.67 Å². The Kier molecular flexibility index (Phi) is 8.26. The van der Waals surface area contributed by atoms with Crippen LogP contribution < -0.4 is 4.74 Å². The average Bonchev–Trinajstić information content (AvgIpc) is 3.40. The molecule has 1 aliphatic rings. The second-order valence-corrected chi connectivity index (χ2v) is 11.0. The van der Waals surface area contributed by atoms with Crippen molar-refractivity contribution in [1.29, 1.82) is 0 Å². The summed E-state index contributed by atoms with van der Waals surface area (Å²) in [5, 5.41) is 28.4. The van der Waals surface area contributed by atoms with Gasteiger partial charge >= 0.3 is 0 Å². The fraction of sp³-hybridized carbons (Fsp3) is 0.433. The second-order valence-electron chi connectivity index (χ2n) is 10.6. The number of halogens is 1. The van der Waals surface area contributed by atoms with Crippen molar-refractivity contribution >= 4 is 28.7 Å². The Morgan fingerprint density at radius 1 is 1.20 bits per heavy atom. The molecule has 3 aromatic heterocycles. The molecule has 0 spiro atoms. The normalized spacial score (nSPS) is 16.4. The van der Waals surface area contributed by atoms with Crippen LogP contribution in [0.3, 0.4) is 0 Å². The molecule has 10 nitrogen and oxygen atoms in total. The second kappa shape index (κ2) is 11.7. The van der Waals surface area contributed by atoms with Crippen LogP contribution in [-0.4, -0.2) is 79.5 Å². The molecule has 0 saturated carbocycles. The molecule has 41 heavy (non-hydrogen) atoms. The highest BCUT2D eigenvalue weighted by atomic mass is 35.5. The lowest BCUT2D eigenvalue weighted by Gasteiger charge is -2.35. The number of hydrogen-bond donors (Lipinski definition) is 1. The van der Waals surface area contributed by atoms with E-state index in [4.69, 9.17) is 21.3 Å². The summed E-state index contributed by atoms with van der Waals surface area (Å²) in [4.78, 5) is 11.8. The summed E-state index contributed by atoms with van der Waals surface area (Å²) in [7, 11) is 5.41. The van der Waals surface area contributed by atoms with Crippen molar-refractivity contribution in [1.82, 2.24) is 34.9 Å². The number of likely N-dealkylation sites (tertiary alicyclic amines) is 1. The van der Waals surface area contributed by atoms with Crippen LogP contribution in [0.4, 0.5) is 0 Å². The van der Waals surface area contributed by atoms with Crippen LogP contribution in [0.1, 0.15) is 53.5 Å². The number of hydrogen-bond acceptors (Lipinski definition) is 9. The molecule has 1 fully saturated rings. The molecule has 216 valence electrons. The molecule has 1 atom stereocenters. The molecule has 1 N–H and O–H groups in total. The number of benzene rings is 1. The summed E-state index contributed by atoms with van der Waals surface area (Å²) in [6.07, 6.45) is 5.42. The minimum atomic E-state index is -1.57. The maximum absolute atomic E-state index is 12.5. The monoisotopic (exact) mass is 576 g/mol. The Labute approximate surface area is 245 Å². The quantitative estimate of drug-likeness (QED) is 0.245. The van der Waals surface area contributed by atoms with Crippen LogP contribution in [0.25, 0.3) is 10.9 Å². The molecule has 0 aliphatic carbocycles. The molecule has 0 bridgehead atoms. The molecule has 4 heterocycles. The topological polar surface area (TPSA) is 105 Å². The first-order valence-corrected chi connectivity index (χ1v) is 14.2. The zero-order chi connectivity index (χ0) is 29.3. The Hall–Kier alpha value is -3.60. The number of hydrazone groups is 1. The van der Waals surface area contributed by atoms with Crippen molar-refractivity contribution < 1.29 is 9.84 Å². The number of aryl methyl sites for hydroxylation is 3. The largest absolute Gasteiger partial charge is 0.481 e. The van der Waals surface area contributed by atoms with Crippen molar-refractivity contribution in [2.24, 2.45) is 12.1 Å². The highest BCUT2D eigenvalue weighted by Gasteiger charge is 2.39. The number of pyridine rings is 2. The molecule has 0 amide bonds. The molecule has 1 saturated heterocycles. The summed E-state index contributed by atoms with van der Waals surface area (Å²) >= 11 is 7.14. The van der Waals surface area contributed by atoms with Gasteiger partial charge in [-0.15, -0.1) is 5.10 Å². The van der Waals surface area contributed by atoms with Gasteiger partial charge in [0.1, 0.15) is 0 Å². The number of aliphatic hydroxyl groups is 1. The van der Waals surface area contributed by atoms with Crippen molar-refractivity contribution in [2.75, 3.05) is 27.2 Å². The molecular weight excluding hydrogens is 540 g/mol. The molecule has 1 aromatic carbocycles. The van der Waals surface area contributed by atoms with Gasteiger partial charge in [-0.05, 0) is 57.4 Å². The van der Waals surface area contributed by atoms with Crippen molar-refractivity contribution in [3.05, 3.63) is 75.3 Å². The number of fused-ring (bicyclic) bond motifs is 1. The number of rotatable bonds is 8. The van der Waals surface area contributed by atoms with E-state index in [9.17, 15) is 5.11 Å². The van der Waals surface area contributed by atoms with E-state index in [1.54, 1.807) is 25.0 Å². The lowest BCUT2D eigenvalue weighted by molar-refractivity contribution is 0.115. The molecule has 11 heteroatoms. The van der Waals surface area contributed by atoms with E-state index in [0.717, 1.165) is 42.6 Å². The van der Waals surface area contributed by atoms with Gasteiger partial charge in [0.05, 0.1) is 29.5 Å². The maximum atomic E-state index is 12.5. The predicted octanol–water partition coefficient (Wildman–Crippen LogP) is 4.22. The van der Waals surface area contributed by atoms with E-state index in [2.05, 4.69) is 25.3 Å². The lowest BCUT2D eigenvalue weighted by atomic mass is 9.82. The van der Waals surface area contributed by atoms with Crippen LogP contribution in [-0.2, 0) is 19.2 Å². The third-order valence-corrected chi connectivity index (χ3v) is 8.49. The van der Waals surface area contributed by atoms with E-state index in [0.29, 0.717) is 51.5 Å². The van der Waals surface area contributed by atoms with Crippen LogP contribution >= 0.6 is 11.6 Å². The number of aromatic nitrogens is 5. The van der Waals surface area contributed by atoms with Gasteiger partial charge in [0.25, 0.3) is 0 Å². The van der Waals surface area contributed by atoms with E-state index in [-0.39, 0.29) is 0 Å². The molecule has 1 aliphatic heterocycles. The van der Waals surface area contributed by atoms with E-state index in [1.165, 1.54) is 0 Å². The van der Waals surface area contributed by atoms with Crippen LogP contribution in [0.5, 0.6) is 5.88 Å². The van der Waals surface area contributed by atoms with Gasteiger partial charge in [0, 0.05) is 73.9 Å². The minimum absolute atomic E-state index is 0.413. The van der Waals surface area contributed by atoms with E-state index in [1.807, 2.05) is 69.4 Å². The first-order valence-electron chi connectivity index (χ1n) is 13.8. The third kappa shape index (κ3) is 5.39. The minimum Gasteiger partial charge on any atom is -0.481 e. The van der Waals surface area contributed by atoms with Crippen molar-refractivity contribution in [3.8, 4) is 5.88 Å².